The van der Waals surface area contributed by atoms with E-state index in [9.17, 15) is 4.79 Å². The van der Waals surface area contributed by atoms with E-state index >= 15 is 0 Å². The average molecular weight is 280 g/mol. The van der Waals surface area contributed by atoms with Crippen LogP contribution in [0.15, 0.2) is 30.3 Å². The molecule has 0 spiro atoms. The Morgan fingerprint density at radius 3 is 2.47 bits per heavy atom. The van der Waals surface area contributed by atoms with Gasteiger partial charge in [-0.2, -0.15) is 11.8 Å². The lowest BCUT2D eigenvalue weighted by atomic mass is 10.2. The molecule has 0 aliphatic heterocycles. The molecule has 0 fully saturated rings. The summed E-state index contributed by atoms with van der Waals surface area (Å²) in [4.78, 5) is 10.4. The summed E-state index contributed by atoms with van der Waals surface area (Å²) < 4.78 is 5.88. The molecular formula is C15H20O3S. The Morgan fingerprint density at radius 2 is 1.95 bits per heavy atom. The smallest absolute Gasteiger partial charge is 0.328 e. The molecular weight excluding hydrogens is 260 g/mol. The highest BCUT2D eigenvalue weighted by molar-refractivity contribution is 8.00. The molecule has 0 saturated heterocycles. The van der Waals surface area contributed by atoms with Crippen LogP contribution in [-0.2, 0) is 4.79 Å². The highest BCUT2D eigenvalue weighted by Gasteiger charge is 2.09. The standard InChI is InChI=1S/C15H20O3S/c1-15(2,3)19-11-10-18-13-7-4-12(5-8-13)6-9-14(16)17/h4-9H,10-11H2,1-3H3,(H,16,17). The van der Waals surface area contributed by atoms with Crippen LogP contribution in [0.4, 0.5) is 0 Å². The number of carboxylic acid groups (broad SMARTS) is 1. The number of ether oxygens (including phenoxy) is 1. The molecule has 3 nitrogen and oxygen atoms in total. The summed E-state index contributed by atoms with van der Waals surface area (Å²) in [6.07, 6.45) is 2.68. The van der Waals surface area contributed by atoms with E-state index in [1.54, 1.807) is 6.08 Å². The maximum absolute atomic E-state index is 10.4. The molecule has 0 aliphatic carbocycles. The molecule has 104 valence electrons. The number of thioether (sulfide) groups is 1. The Labute approximate surface area is 118 Å². The fraction of sp³-hybridized carbons (Fsp3) is 0.400. The van der Waals surface area contributed by atoms with Gasteiger partial charge in [-0.3, -0.25) is 0 Å². The van der Waals surface area contributed by atoms with Crippen LogP contribution in [0.25, 0.3) is 6.08 Å². The maximum atomic E-state index is 10.4. The van der Waals surface area contributed by atoms with Crippen LogP contribution >= 0.6 is 11.8 Å². The van der Waals surface area contributed by atoms with Gasteiger partial charge < -0.3 is 9.84 Å². The maximum Gasteiger partial charge on any atom is 0.328 e. The first-order chi connectivity index (χ1) is 8.87. The van der Waals surface area contributed by atoms with Gasteiger partial charge in [0, 0.05) is 16.6 Å². The monoisotopic (exact) mass is 280 g/mol. The first-order valence-corrected chi connectivity index (χ1v) is 7.13. The lowest BCUT2D eigenvalue weighted by Gasteiger charge is -2.17. The Kier molecular flexibility index (Phi) is 5.96. The topological polar surface area (TPSA) is 46.5 Å². The lowest BCUT2D eigenvalue weighted by Crippen LogP contribution is -2.11. The van der Waals surface area contributed by atoms with E-state index in [-0.39, 0.29) is 4.75 Å². The molecule has 0 saturated carbocycles. The van der Waals surface area contributed by atoms with E-state index in [4.69, 9.17) is 9.84 Å². The summed E-state index contributed by atoms with van der Waals surface area (Å²) in [5.74, 6) is 0.811. The predicted octanol–water partition coefficient (Wildman–Crippen LogP) is 3.69. The SMILES string of the molecule is CC(C)(C)SCCOc1ccc(C=CC(=O)O)cc1. The second-order valence-electron chi connectivity index (χ2n) is 5.05. The van der Waals surface area contributed by atoms with E-state index in [1.807, 2.05) is 36.0 Å². The van der Waals surface area contributed by atoms with Crippen LogP contribution in [-0.4, -0.2) is 28.2 Å². The molecule has 1 rings (SSSR count). The van der Waals surface area contributed by atoms with Crippen molar-refractivity contribution in [1.82, 2.24) is 0 Å². The van der Waals surface area contributed by atoms with Crippen molar-refractivity contribution in [1.29, 1.82) is 0 Å². The van der Waals surface area contributed by atoms with Crippen LogP contribution in [0.5, 0.6) is 5.75 Å². The Hall–Kier alpha value is -1.42. The summed E-state index contributed by atoms with van der Waals surface area (Å²) in [5, 5.41) is 8.52. The van der Waals surface area contributed by atoms with E-state index in [1.165, 1.54) is 0 Å². The molecule has 0 aliphatic rings. The first-order valence-electron chi connectivity index (χ1n) is 6.15. The first kappa shape index (κ1) is 15.6. The van der Waals surface area contributed by atoms with Gasteiger partial charge in [0.1, 0.15) is 5.75 Å². The van der Waals surface area contributed by atoms with Gasteiger partial charge in [0.25, 0.3) is 0 Å². The van der Waals surface area contributed by atoms with Crippen molar-refractivity contribution in [3.63, 3.8) is 0 Å². The van der Waals surface area contributed by atoms with E-state index < -0.39 is 5.97 Å². The molecule has 1 aromatic rings. The highest BCUT2D eigenvalue weighted by Crippen LogP contribution is 2.23. The van der Waals surface area contributed by atoms with Crippen molar-refractivity contribution in [2.45, 2.75) is 25.5 Å². The summed E-state index contributed by atoms with van der Waals surface area (Å²) in [6.45, 7) is 7.22. The van der Waals surface area contributed by atoms with E-state index in [0.717, 1.165) is 23.1 Å². The van der Waals surface area contributed by atoms with Gasteiger partial charge in [0.05, 0.1) is 6.61 Å². The third-order valence-corrected chi connectivity index (χ3v) is 3.42. The molecule has 0 radical (unpaired) electrons. The minimum Gasteiger partial charge on any atom is -0.493 e. The van der Waals surface area contributed by atoms with Gasteiger partial charge in [0.15, 0.2) is 0 Å². The molecule has 0 aromatic heterocycles. The Balaban J connectivity index is 2.38. The van der Waals surface area contributed by atoms with Gasteiger partial charge in [-0.15, -0.1) is 0 Å². The molecule has 0 unspecified atom stereocenters. The van der Waals surface area contributed by atoms with Crippen molar-refractivity contribution in [3.8, 4) is 5.75 Å². The minimum absolute atomic E-state index is 0.259. The molecule has 19 heavy (non-hydrogen) atoms. The fourth-order valence-electron chi connectivity index (χ4n) is 1.35. The second kappa shape index (κ2) is 7.24. The number of rotatable bonds is 6. The van der Waals surface area contributed by atoms with Crippen LogP contribution in [0, 0.1) is 0 Å². The van der Waals surface area contributed by atoms with Crippen molar-refractivity contribution in [2.24, 2.45) is 0 Å². The molecule has 0 atom stereocenters. The number of carboxylic acids is 1. The van der Waals surface area contributed by atoms with Crippen LogP contribution in [0.2, 0.25) is 0 Å². The molecule has 0 heterocycles. The van der Waals surface area contributed by atoms with Crippen molar-refractivity contribution in [3.05, 3.63) is 35.9 Å². The average Bonchev–Trinajstić information content (AvgIpc) is 2.32. The number of carbonyl (C=O) groups is 1. The van der Waals surface area contributed by atoms with Gasteiger partial charge in [-0.1, -0.05) is 32.9 Å². The fourth-order valence-corrected chi connectivity index (χ4v) is 2.13. The zero-order valence-electron chi connectivity index (χ0n) is 11.6. The summed E-state index contributed by atoms with van der Waals surface area (Å²) in [5.41, 5.74) is 0.846. The zero-order chi connectivity index (χ0) is 14.3. The molecule has 1 aromatic carbocycles. The third kappa shape index (κ3) is 7.57. The molecule has 0 amide bonds. The number of hydrogen-bond acceptors (Lipinski definition) is 3. The second-order valence-corrected chi connectivity index (χ2v) is 6.97. The van der Waals surface area contributed by atoms with Crippen LogP contribution in [0.3, 0.4) is 0 Å². The summed E-state index contributed by atoms with van der Waals surface area (Å²) >= 11 is 1.87. The van der Waals surface area contributed by atoms with Crippen molar-refractivity contribution < 1.29 is 14.6 Å². The number of aliphatic carboxylic acids is 1. The molecule has 4 heteroatoms. The number of benzene rings is 1. The predicted molar refractivity (Wildman–Crippen MR) is 80.8 cm³/mol. The largest absolute Gasteiger partial charge is 0.493 e. The Bertz CT molecular complexity index is 430. The van der Waals surface area contributed by atoms with Gasteiger partial charge >= 0.3 is 5.97 Å². The van der Waals surface area contributed by atoms with Crippen molar-refractivity contribution in [2.75, 3.05) is 12.4 Å². The minimum atomic E-state index is -0.945. The van der Waals surface area contributed by atoms with E-state index in [0.29, 0.717) is 6.61 Å². The normalized spacial score (nSPS) is 11.7. The third-order valence-electron chi connectivity index (χ3n) is 2.19. The van der Waals surface area contributed by atoms with Gasteiger partial charge in [-0.25, -0.2) is 4.79 Å². The highest BCUT2D eigenvalue weighted by atomic mass is 32.2. The summed E-state index contributed by atoms with van der Waals surface area (Å²) in [6, 6.07) is 7.38. The lowest BCUT2D eigenvalue weighted by molar-refractivity contribution is -0.131. The Morgan fingerprint density at radius 1 is 1.32 bits per heavy atom. The quantitative estimate of drug-likeness (QED) is 0.637. The molecule has 0 bridgehead atoms. The van der Waals surface area contributed by atoms with Crippen LogP contribution in [0.1, 0.15) is 26.3 Å². The van der Waals surface area contributed by atoms with Gasteiger partial charge in [0.2, 0.25) is 0 Å². The van der Waals surface area contributed by atoms with E-state index in [2.05, 4.69) is 20.8 Å². The number of hydrogen-bond donors (Lipinski definition) is 1. The van der Waals surface area contributed by atoms with Crippen molar-refractivity contribution >= 4 is 23.8 Å². The molecule has 1 N–H and O–H groups in total. The van der Waals surface area contributed by atoms with Crippen LogP contribution < -0.4 is 4.74 Å². The summed E-state index contributed by atoms with van der Waals surface area (Å²) in [7, 11) is 0. The zero-order valence-corrected chi connectivity index (χ0v) is 12.4. The van der Waals surface area contributed by atoms with Gasteiger partial charge in [-0.05, 0) is 23.8 Å².